The van der Waals surface area contributed by atoms with E-state index in [2.05, 4.69) is 25.6 Å². The second-order valence-electron chi connectivity index (χ2n) is 5.35. The van der Waals surface area contributed by atoms with Crippen LogP contribution >= 0.6 is 39.1 Å². The fourth-order valence-corrected chi connectivity index (χ4v) is 3.58. The van der Waals surface area contributed by atoms with Gasteiger partial charge in [-0.05, 0) is 48.2 Å². The summed E-state index contributed by atoms with van der Waals surface area (Å²) >= 11 is 15.0. The molecule has 0 saturated heterocycles. The third-order valence-corrected chi connectivity index (χ3v) is 5.86. The van der Waals surface area contributed by atoms with Gasteiger partial charge in [-0.15, -0.1) is 0 Å². The molecule has 0 aliphatic carbocycles. The normalized spacial score (nSPS) is 11.6. The van der Waals surface area contributed by atoms with Crippen LogP contribution in [0.25, 0.3) is 0 Å². The molecule has 1 heterocycles. The van der Waals surface area contributed by atoms with Crippen LogP contribution < -0.4 is 9.46 Å². The van der Waals surface area contributed by atoms with E-state index in [0.29, 0.717) is 34.1 Å². The lowest BCUT2D eigenvalue weighted by atomic mass is 10.3. The summed E-state index contributed by atoms with van der Waals surface area (Å²) in [4.78, 5) is 5.77. The number of sulfonamides is 1. The second-order valence-corrected chi connectivity index (χ2v) is 8.65. The van der Waals surface area contributed by atoms with Crippen molar-refractivity contribution in [1.82, 2.24) is 9.88 Å². The topological polar surface area (TPSA) is 71.5 Å². The molecular weight excluding hydrogens is 453 g/mol. The molecule has 1 aromatic carbocycles. The minimum Gasteiger partial charge on any atom is -0.491 e. The fraction of sp³-hybridized carbons (Fsp3) is 0.267. The van der Waals surface area contributed by atoms with E-state index < -0.39 is 10.0 Å². The second kappa shape index (κ2) is 8.55. The molecule has 0 radical (unpaired) electrons. The SMILES string of the molecule is CN(C)CCOc1cc(NS(=O)(=O)c2cnc(Cl)c(Br)c2)ccc1Cl. The van der Waals surface area contributed by atoms with Gasteiger partial charge in [0.15, 0.2) is 0 Å². The van der Waals surface area contributed by atoms with Gasteiger partial charge in [0.05, 0.1) is 15.2 Å². The Labute approximate surface area is 165 Å². The molecule has 0 aliphatic rings. The van der Waals surface area contributed by atoms with Crippen molar-refractivity contribution in [3.05, 3.63) is 45.1 Å². The smallest absolute Gasteiger partial charge is 0.263 e. The summed E-state index contributed by atoms with van der Waals surface area (Å²) < 4.78 is 33.4. The van der Waals surface area contributed by atoms with Crippen molar-refractivity contribution in [2.24, 2.45) is 0 Å². The summed E-state index contributed by atoms with van der Waals surface area (Å²) in [5.41, 5.74) is 0.329. The Morgan fingerprint density at radius 3 is 2.64 bits per heavy atom. The molecule has 0 amide bonds. The number of hydrogen-bond acceptors (Lipinski definition) is 5. The first-order valence-electron chi connectivity index (χ1n) is 7.10. The molecule has 0 aliphatic heterocycles. The van der Waals surface area contributed by atoms with Gasteiger partial charge in [0.1, 0.15) is 22.4 Å². The quantitative estimate of drug-likeness (QED) is 0.624. The van der Waals surface area contributed by atoms with Gasteiger partial charge in [-0.2, -0.15) is 0 Å². The van der Waals surface area contributed by atoms with Crippen molar-refractivity contribution in [2.45, 2.75) is 4.90 Å². The summed E-state index contributed by atoms with van der Waals surface area (Å²) in [5.74, 6) is 0.402. The molecule has 2 aromatic rings. The maximum atomic E-state index is 12.5. The largest absolute Gasteiger partial charge is 0.491 e. The van der Waals surface area contributed by atoms with Gasteiger partial charge in [-0.3, -0.25) is 4.72 Å². The molecule has 0 bridgehead atoms. The highest BCUT2D eigenvalue weighted by atomic mass is 79.9. The molecule has 10 heteroatoms. The first kappa shape index (κ1) is 20.3. The van der Waals surface area contributed by atoms with Gasteiger partial charge >= 0.3 is 0 Å². The molecular formula is C15H16BrCl2N3O3S. The molecule has 0 atom stereocenters. The molecule has 6 nitrogen and oxygen atoms in total. The van der Waals surface area contributed by atoms with E-state index in [4.69, 9.17) is 27.9 Å². The zero-order valence-electron chi connectivity index (χ0n) is 13.5. The molecule has 0 saturated carbocycles. The van der Waals surface area contributed by atoms with Crippen LogP contribution in [0.4, 0.5) is 5.69 Å². The van der Waals surface area contributed by atoms with E-state index in [0.717, 1.165) is 0 Å². The van der Waals surface area contributed by atoms with Gasteiger partial charge in [-0.25, -0.2) is 13.4 Å². The Hall–Kier alpha value is -1.06. The van der Waals surface area contributed by atoms with Crippen LogP contribution in [-0.2, 0) is 10.0 Å². The maximum Gasteiger partial charge on any atom is 0.263 e. The van der Waals surface area contributed by atoms with Crippen LogP contribution in [0, 0.1) is 0 Å². The lowest BCUT2D eigenvalue weighted by Crippen LogP contribution is -2.19. The monoisotopic (exact) mass is 467 g/mol. The Morgan fingerprint density at radius 1 is 1.28 bits per heavy atom. The first-order chi connectivity index (χ1) is 11.7. The number of nitrogens with zero attached hydrogens (tertiary/aromatic N) is 2. The summed E-state index contributed by atoms with van der Waals surface area (Å²) in [6.45, 7) is 1.13. The Bertz CT molecular complexity index is 863. The summed E-state index contributed by atoms with van der Waals surface area (Å²) in [7, 11) is 0.0247. The van der Waals surface area contributed by atoms with Gasteiger partial charge < -0.3 is 9.64 Å². The Kier molecular flexibility index (Phi) is 6.93. The highest BCUT2D eigenvalue weighted by Crippen LogP contribution is 2.30. The van der Waals surface area contributed by atoms with Gasteiger partial charge in [0.25, 0.3) is 10.0 Å². The number of ether oxygens (including phenoxy) is 1. The number of nitrogens with one attached hydrogen (secondary N) is 1. The molecule has 1 aromatic heterocycles. The number of aromatic nitrogens is 1. The predicted octanol–water partition coefficient (Wildman–Crippen LogP) is 3.89. The van der Waals surface area contributed by atoms with Crippen LogP contribution in [0.1, 0.15) is 0 Å². The number of hydrogen-bond donors (Lipinski definition) is 1. The van der Waals surface area contributed by atoms with E-state index in [1.54, 1.807) is 12.1 Å². The van der Waals surface area contributed by atoms with E-state index in [1.807, 2.05) is 19.0 Å². The highest BCUT2D eigenvalue weighted by Gasteiger charge is 2.17. The third-order valence-electron chi connectivity index (χ3n) is 3.06. The van der Waals surface area contributed by atoms with Crippen LogP contribution in [0.3, 0.4) is 0 Å². The third kappa shape index (κ3) is 5.72. The van der Waals surface area contributed by atoms with E-state index in [9.17, 15) is 8.42 Å². The van der Waals surface area contributed by atoms with Crippen molar-refractivity contribution < 1.29 is 13.2 Å². The van der Waals surface area contributed by atoms with Crippen molar-refractivity contribution >= 4 is 54.8 Å². The number of likely N-dealkylation sites (N-methyl/N-ethyl adjacent to an activating group) is 1. The summed E-state index contributed by atoms with van der Waals surface area (Å²) in [6.07, 6.45) is 1.18. The minimum atomic E-state index is -3.82. The predicted molar refractivity (Wildman–Crippen MR) is 103 cm³/mol. The van der Waals surface area contributed by atoms with Gasteiger partial charge in [0, 0.05) is 18.8 Å². The van der Waals surface area contributed by atoms with Gasteiger partial charge in [0.2, 0.25) is 0 Å². The van der Waals surface area contributed by atoms with Crippen LogP contribution in [0.5, 0.6) is 5.75 Å². The summed E-state index contributed by atoms with van der Waals surface area (Å²) in [5, 5.41) is 0.583. The molecule has 0 fully saturated rings. The first-order valence-corrected chi connectivity index (χ1v) is 10.1. The summed E-state index contributed by atoms with van der Waals surface area (Å²) in [6, 6.07) is 6.04. The number of rotatable bonds is 7. The number of anilines is 1. The van der Waals surface area contributed by atoms with Crippen LogP contribution in [0.2, 0.25) is 10.2 Å². The minimum absolute atomic E-state index is 0.0196. The maximum absolute atomic E-state index is 12.5. The average Bonchev–Trinajstić information content (AvgIpc) is 2.52. The lowest BCUT2D eigenvalue weighted by Gasteiger charge is -2.14. The molecule has 25 heavy (non-hydrogen) atoms. The molecule has 2 rings (SSSR count). The average molecular weight is 469 g/mol. The standard InChI is InChI=1S/C15H16BrCl2N3O3S/c1-21(2)5-6-24-14-7-10(3-4-13(14)17)20-25(22,23)11-8-12(16)15(18)19-9-11/h3-4,7-9,20H,5-6H2,1-2H3. The van der Waals surface area contributed by atoms with Crippen molar-refractivity contribution in [1.29, 1.82) is 0 Å². The molecule has 0 spiro atoms. The molecule has 1 N–H and O–H groups in total. The van der Waals surface area contributed by atoms with Crippen LogP contribution in [-0.4, -0.2) is 45.5 Å². The number of halogens is 3. The Balaban J connectivity index is 2.19. The highest BCUT2D eigenvalue weighted by molar-refractivity contribution is 9.10. The van der Waals surface area contributed by atoms with E-state index >= 15 is 0 Å². The van der Waals surface area contributed by atoms with Crippen LogP contribution in [0.15, 0.2) is 39.8 Å². The number of benzene rings is 1. The van der Waals surface area contributed by atoms with E-state index in [1.165, 1.54) is 18.3 Å². The fourth-order valence-electron chi connectivity index (χ4n) is 1.78. The van der Waals surface area contributed by atoms with Gasteiger partial charge in [-0.1, -0.05) is 23.2 Å². The number of pyridine rings is 1. The van der Waals surface area contributed by atoms with Crippen molar-refractivity contribution in [2.75, 3.05) is 32.0 Å². The zero-order chi connectivity index (χ0) is 18.6. The Morgan fingerprint density at radius 2 is 2.00 bits per heavy atom. The van der Waals surface area contributed by atoms with Crippen molar-refractivity contribution in [3.63, 3.8) is 0 Å². The zero-order valence-corrected chi connectivity index (χ0v) is 17.4. The molecule has 0 unspecified atom stereocenters. The van der Waals surface area contributed by atoms with E-state index in [-0.39, 0.29) is 10.0 Å². The molecule has 136 valence electrons. The van der Waals surface area contributed by atoms with Crippen molar-refractivity contribution in [3.8, 4) is 5.75 Å². The lowest BCUT2D eigenvalue weighted by molar-refractivity contribution is 0.261.